The summed E-state index contributed by atoms with van der Waals surface area (Å²) >= 11 is 12.8. The normalized spacial score (nSPS) is 12.8. The van der Waals surface area contributed by atoms with Crippen molar-refractivity contribution >= 4 is 23.2 Å². The van der Waals surface area contributed by atoms with E-state index in [-0.39, 0.29) is 0 Å². The molecule has 0 saturated carbocycles. The van der Waals surface area contributed by atoms with Gasteiger partial charge in [0, 0.05) is 22.9 Å². The number of hydrogen-bond donors (Lipinski definition) is 0. The van der Waals surface area contributed by atoms with Gasteiger partial charge in [-0.05, 0) is 65.1 Å². The average Bonchev–Trinajstić information content (AvgIpc) is 3.01. The summed E-state index contributed by atoms with van der Waals surface area (Å²) in [5.74, 6) is 3.67. The first-order chi connectivity index (χ1) is 19.6. The molecule has 4 heteroatoms. The third-order valence-corrected chi connectivity index (χ3v) is 8.56. The molecule has 0 aliphatic carbocycles. The van der Waals surface area contributed by atoms with Crippen LogP contribution in [0.4, 0.5) is 0 Å². The van der Waals surface area contributed by atoms with Crippen LogP contribution in [0.3, 0.4) is 0 Å². The minimum absolute atomic E-state index is 0.414. The molecule has 2 unspecified atom stereocenters. The van der Waals surface area contributed by atoms with Crippen LogP contribution in [0.25, 0.3) is 22.3 Å². The van der Waals surface area contributed by atoms with Crippen molar-refractivity contribution in [2.24, 2.45) is 11.8 Å². The Morgan fingerprint density at radius 2 is 1.20 bits per heavy atom. The van der Waals surface area contributed by atoms with E-state index < -0.39 is 0 Å². The summed E-state index contributed by atoms with van der Waals surface area (Å²) in [5, 5.41) is 0. The third-order valence-electron chi connectivity index (χ3n) is 7.96. The van der Waals surface area contributed by atoms with E-state index in [0.29, 0.717) is 36.8 Å². The SMILES string of the molecule is CCCCC(CC)COc1cc(-c2cc(CCl)ccc2CCl)c(OCC(CC)CCCC)cc1-c1ccccc1. The molecule has 0 radical (unpaired) electrons. The Morgan fingerprint density at radius 3 is 1.73 bits per heavy atom. The number of hydrogen-bond acceptors (Lipinski definition) is 2. The molecule has 0 spiro atoms. The van der Waals surface area contributed by atoms with Crippen molar-refractivity contribution in [2.45, 2.75) is 90.8 Å². The van der Waals surface area contributed by atoms with Crippen LogP contribution in [0.2, 0.25) is 0 Å². The molecule has 218 valence electrons. The lowest BCUT2D eigenvalue weighted by Gasteiger charge is -2.23. The van der Waals surface area contributed by atoms with E-state index in [9.17, 15) is 0 Å². The van der Waals surface area contributed by atoms with Crippen molar-refractivity contribution in [1.82, 2.24) is 0 Å². The Labute approximate surface area is 253 Å². The Bertz CT molecular complexity index is 1150. The van der Waals surface area contributed by atoms with Gasteiger partial charge in [-0.25, -0.2) is 0 Å². The number of rotatable bonds is 18. The zero-order valence-corrected chi connectivity index (χ0v) is 26.5. The standard InChI is InChI=1S/C36H48Cl2O2/c1-5-9-14-27(7-3)25-39-35-22-34(32-20-29(23-37)18-19-31(32)24-38)36(40-26-28(8-4)15-10-6-2)21-33(35)30-16-12-11-13-17-30/h11-13,16-22,27-28H,5-10,14-15,23-26H2,1-4H3. The van der Waals surface area contributed by atoms with Crippen molar-refractivity contribution < 1.29 is 9.47 Å². The van der Waals surface area contributed by atoms with Crippen LogP contribution in [0, 0.1) is 11.8 Å². The van der Waals surface area contributed by atoms with Gasteiger partial charge in [0.2, 0.25) is 0 Å². The predicted octanol–water partition coefficient (Wildman–Crippen LogP) is 11.7. The van der Waals surface area contributed by atoms with E-state index in [4.69, 9.17) is 32.7 Å². The fourth-order valence-electron chi connectivity index (χ4n) is 5.14. The van der Waals surface area contributed by atoms with E-state index >= 15 is 0 Å². The van der Waals surface area contributed by atoms with Crippen molar-refractivity contribution in [2.75, 3.05) is 13.2 Å². The first-order valence-corrected chi connectivity index (χ1v) is 16.4. The zero-order chi connectivity index (χ0) is 28.7. The van der Waals surface area contributed by atoms with Gasteiger partial charge in [-0.1, -0.05) is 109 Å². The molecule has 0 N–H and O–H groups in total. The van der Waals surface area contributed by atoms with E-state index in [1.165, 1.54) is 38.5 Å². The summed E-state index contributed by atoms with van der Waals surface area (Å²) in [7, 11) is 0. The molecule has 0 aromatic heterocycles. The molecule has 0 heterocycles. The van der Waals surface area contributed by atoms with Crippen LogP contribution in [-0.2, 0) is 11.8 Å². The molecule has 0 aliphatic rings. The average molecular weight is 584 g/mol. The van der Waals surface area contributed by atoms with Crippen molar-refractivity contribution in [3.8, 4) is 33.8 Å². The highest BCUT2D eigenvalue weighted by atomic mass is 35.5. The Kier molecular flexibility index (Phi) is 14.2. The van der Waals surface area contributed by atoms with Gasteiger partial charge in [-0.15, -0.1) is 23.2 Å². The van der Waals surface area contributed by atoms with Crippen molar-refractivity contribution in [1.29, 1.82) is 0 Å². The van der Waals surface area contributed by atoms with Gasteiger partial charge in [0.1, 0.15) is 11.5 Å². The molecule has 0 aliphatic heterocycles. The minimum atomic E-state index is 0.414. The molecule has 0 bridgehead atoms. The van der Waals surface area contributed by atoms with Crippen LogP contribution in [0.5, 0.6) is 11.5 Å². The second-order valence-electron chi connectivity index (χ2n) is 10.9. The molecule has 0 amide bonds. The van der Waals surface area contributed by atoms with Gasteiger partial charge >= 0.3 is 0 Å². The summed E-state index contributed by atoms with van der Waals surface area (Å²) < 4.78 is 13.4. The smallest absolute Gasteiger partial charge is 0.128 e. The Morgan fingerprint density at radius 1 is 0.625 bits per heavy atom. The summed E-state index contributed by atoms with van der Waals surface area (Å²) in [6.45, 7) is 10.4. The highest BCUT2D eigenvalue weighted by Gasteiger charge is 2.20. The van der Waals surface area contributed by atoms with Crippen molar-refractivity contribution in [3.05, 3.63) is 71.8 Å². The molecule has 3 aromatic carbocycles. The highest BCUT2D eigenvalue weighted by Crippen LogP contribution is 2.43. The Balaban J connectivity index is 2.14. The number of halogens is 2. The molecule has 2 nitrogen and oxygen atoms in total. The van der Waals surface area contributed by atoms with Crippen LogP contribution in [0.1, 0.15) is 90.2 Å². The number of unbranched alkanes of at least 4 members (excludes halogenated alkanes) is 2. The van der Waals surface area contributed by atoms with Gasteiger partial charge in [0.05, 0.1) is 13.2 Å². The monoisotopic (exact) mass is 582 g/mol. The second kappa shape index (κ2) is 17.6. The first-order valence-electron chi connectivity index (χ1n) is 15.3. The van der Waals surface area contributed by atoms with Gasteiger partial charge in [0.25, 0.3) is 0 Å². The van der Waals surface area contributed by atoms with E-state index in [0.717, 1.165) is 57.7 Å². The minimum Gasteiger partial charge on any atom is -0.493 e. The molecule has 3 aromatic rings. The zero-order valence-electron chi connectivity index (χ0n) is 25.0. The van der Waals surface area contributed by atoms with E-state index in [1.54, 1.807) is 0 Å². The first kappa shape index (κ1) is 32.4. The lowest BCUT2D eigenvalue weighted by Crippen LogP contribution is -2.13. The van der Waals surface area contributed by atoms with Gasteiger partial charge in [0.15, 0.2) is 0 Å². The largest absolute Gasteiger partial charge is 0.493 e. The fraction of sp³-hybridized carbons (Fsp3) is 0.500. The van der Waals surface area contributed by atoms with Crippen LogP contribution >= 0.6 is 23.2 Å². The number of alkyl halides is 2. The molecule has 40 heavy (non-hydrogen) atoms. The molecule has 2 atom stereocenters. The lowest BCUT2D eigenvalue weighted by atomic mass is 9.94. The van der Waals surface area contributed by atoms with Gasteiger partial charge in [-0.3, -0.25) is 0 Å². The second-order valence-corrected chi connectivity index (χ2v) is 11.5. The topological polar surface area (TPSA) is 18.5 Å². The quantitative estimate of drug-likeness (QED) is 0.139. The molecular weight excluding hydrogens is 535 g/mol. The molecule has 3 rings (SSSR count). The maximum absolute atomic E-state index is 6.70. The van der Waals surface area contributed by atoms with Crippen LogP contribution in [-0.4, -0.2) is 13.2 Å². The van der Waals surface area contributed by atoms with Gasteiger partial charge < -0.3 is 9.47 Å². The summed E-state index contributed by atoms with van der Waals surface area (Å²) in [5.41, 5.74) is 6.39. The van der Waals surface area contributed by atoms with Gasteiger partial charge in [-0.2, -0.15) is 0 Å². The lowest BCUT2D eigenvalue weighted by molar-refractivity contribution is 0.229. The third kappa shape index (κ3) is 9.18. The maximum atomic E-state index is 6.70. The fourth-order valence-corrected chi connectivity index (χ4v) is 5.54. The predicted molar refractivity (Wildman–Crippen MR) is 174 cm³/mol. The summed E-state index contributed by atoms with van der Waals surface area (Å²) in [4.78, 5) is 0. The van der Waals surface area contributed by atoms with Crippen molar-refractivity contribution in [3.63, 3.8) is 0 Å². The van der Waals surface area contributed by atoms with Crippen LogP contribution in [0.15, 0.2) is 60.7 Å². The summed E-state index contributed by atoms with van der Waals surface area (Å²) in [6.07, 6.45) is 9.44. The summed E-state index contributed by atoms with van der Waals surface area (Å²) in [6, 6.07) is 21.2. The molecular formula is C36H48Cl2O2. The number of ether oxygens (including phenoxy) is 2. The van der Waals surface area contributed by atoms with E-state index in [1.807, 2.05) is 0 Å². The maximum Gasteiger partial charge on any atom is 0.128 e. The van der Waals surface area contributed by atoms with Crippen LogP contribution < -0.4 is 9.47 Å². The molecule has 0 fully saturated rings. The Hall–Kier alpha value is -2.16. The molecule has 0 saturated heterocycles. The number of benzene rings is 3. The highest BCUT2D eigenvalue weighted by molar-refractivity contribution is 6.18. The van der Waals surface area contributed by atoms with E-state index in [2.05, 4.69) is 88.4 Å².